The molecule has 1 saturated carbocycles. The first kappa shape index (κ1) is 13.2. The van der Waals surface area contributed by atoms with Gasteiger partial charge in [0.1, 0.15) is 23.7 Å². The van der Waals surface area contributed by atoms with E-state index in [0.29, 0.717) is 12.6 Å². The molecule has 0 aliphatic heterocycles. The van der Waals surface area contributed by atoms with Gasteiger partial charge in [0.15, 0.2) is 0 Å². The predicted molar refractivity (Wildman–Crippen MR) is 70.3 cm³/mol. The SMILES string of the molecule is CCOC1C(NC)CC1Oc1cccc(OC)c1. The number of hydrogen-bond acceptors (Lipinski definition) is 4. The third kappa shape index (κ3) is 2.76. The minimum absolute atomic E-state index is 0.120. The number of ether oxygens (including phenoxy) is 3. The largest absolute Gasteiger partial charge is 0.497 e. The second-order valence-corrected chi connectivity index (χ2v) is 4.39. The second kappa shape index (κ2) is 6.07. The first-order chi connectivity index (χ1) is 8.78. The quantitative estimate of drug-likeness (QED) is 0.837. The third-order valence-corrected chi connectivity index (χ3v) is 3.31. The van der Waals surface area contributed by atoms with E-state index in [1.165, 1.54) is 0 Å². The van der Waals surface area contributed by atoms with Crippen LogP contribution < -0.4 is 14.8 Å². The molecule has 3 unspecified atom stereocenters. The lowest BCUT2D eigenvalue weighted by atomic mass is 9.85. The Morgan fingerprint density at radius 3 is 2.78 bits per heavy atom. The highest BCUT2D eigenvalue weighted by molar-refractivity contribution is 5.33. The molecule has 1 N–H and O–H groups in total. The van der Waals surface area contributed by atoms with Crippen molar-refractivity contribution in [3.05, 3.63) is 24.3 Å². The van der Waals surface area contributed by atoms with E-state index in [1.54, 1.807) is 7.11 Å². The molecule has 0 aromatic heterocycles. The predicted octanol–water partition coefficient (Wildman–Crippen LogP) is 1.84. The smallest absolute Gasteiger partial charge is 0.128 e. The zero-order valence-corrected chi connectivity index (χ0v) is 11.2. The molecule has 18 heavy (non-hydrogen) atoms. The van der Waals surface area contributed by atoms with Crippen LogP contribution in [-0.2, 0) is 4.74 Å². The van der Waals surface area contributed by atoms with E-state index < -0.39 is 0 Å². The van der Waals surface area contributed by atoms with Crippen molar-refractivity contribution in [2.24, 2.45) is 0 Å². The van der Waals surface area contributed by atoms with Crippen molar-refractivity contribution in [3.63, 3.8) is 0 Å². The number of hydrogen-bond donors (Lipinski definition) is 1. The summed E-state index contributed by atoms with van der Waals surface area (Å²) in [5.41, 5.74) is 0. The molecule has 1 fully saturated rings. The van der Waals surface area contributed by atoms with E-state index in [0.717, 1.165) is 17.9 Å². The van der Waals surface area contributed by atoms with Gasteiger partial charge in [-0.1, -0.05) is 6.07 Å². The van der Waals surface area contributed by atoms with Crippen LogP contribution in [0.25, 0.3) is 0 Å². The average molecular weight is 251 g/mol. The van der Waals surface area contributed by atoms with Gasteiger partial charge in [-0.3, -0.25) is 0 Å². The summed E-state index contributed by atoms with van der Waals surface area (Å²) in [4.78, 5) is 0. The lowest BCUT2D eigenvalue weighted by Gasteiger charge is -2.43. The van der Waals surface area contributed by atoms with Crippen LogP contribution in [0, 0.1) is 0 Å². The molecule has 1 aromatic rings. The summed E-state index contributed by atoms with van der Waals surface area (Å²) in [5, 5.41) is 3.24. The maximum absolute atomic E-state index is 5.95. The van der Waals surface area contributed by atoms with Gasteiger partial charge in [0.2, 0.25) is 0 Å². The Labute approximate surface area is 108 Å². The number of likely N-dealkylation sites (N-methyl/N-ethyl adjacent to an activating group) is 1. The van der Waals surface area contributed by atoms with Crippen LogP contribution >= 0.6 is 0 Å². The van der Waals surface area contributed by atoms with Crippen LogP contribution in [0.5, 0.6) is 11.5 Å². The van der Waals surface area contributed by atoms with Gasteiger partial charge in [-0.2, -0.15) is 0 Å². The van der Waals surface area contributed by atoms with Gasteiger partial charge in [0, 0.05) is 25.1 Å². The van der Waals surface area contributed by atoms with Crippen LogP contribution in [-0.4, -0.2) is 39.0 Å². The van der Waals surface area contributed by atoms with Crippen molar-refractivity contribution >= 4 is 0 Å². The monoisotopic (exact) mass is 251 g/mol. The van der Waals surface area contributed by atoms with Gasteiger partial charge in [-0.15, -0.1) is 0 Å². The Bertz CT molecular complexity index is 383. The second-order valence-electron chi connectivity index (χ2n) is 4.39. The van der Waals surface area contributed by atoms with Crippen molar-refractivity contribution in [1.29, 1.82) is 0 Å². The van der Waals surface area contributed by atoms with Crippen molar-refractivity contribution < 1.29 is 14.2 Å². The van der Waals surface area contributed by atoms with E-state index in [4.69, 9.17) is 14.2 Å². The zero-order chi connectivity index (χ0) is 13.0. The van der Waals surface area contributed by atoms with Crippen molar-refractivity contribution in [3.8, 4) is 11.5 Å². The summed E-state index contributed by atoms with van der Waals surface area (Å²) in [6.07, 6.45) is 1.22. The molecular formula is C14H21NO3. The molecule has 4 heteroatoms. The third-order valence-electron chi connectivity index (χ3n) is 3.31. The van der Waals surface area contributed by atoms with Crippen molar-refractivity contribution in [2.45, 2.75) is 31.6 Å². The maximum Gasteiger partial charge on any atom is 0.128 e. The fourth-order valence-electron chi connectivity index (χ4n) is 2.24. The summed E-state index contributed by atoms with van der Waals surface area (Å²) >= 11 is 0. The normalized spacial score (nSPS) is 26.5. The number of methoxy groups -OCH3 is 1. The van der Waals surface area contributed by atoms with E-state index in [-0.39, 0.29) is 12.2 Å². The molecule has 0 amide bonds. The Morgan fingerprint density at radius 1 is 1.33 bits per heavy atom. The first-order valence-corrected chi connectivity index (χ1v) is 6.38. The molecule has 3 atom stereocenters. The Morgan fingerprint density at radius 2 is 2.11 bits per heavy atom. The molecule has 100 valence electrons. The minimum atomic E-state index is 0.120. The molecule has 0 saturated heterocycles. The molecule has 0 radical (unpaired) electrons. The highest BCUT2D eigenvalue weighted by Gasteiger charge is 2.42. The van der Waals surface area contributed by atoms with Gasteiger partial charge in [-0.25, -0.2) is 0 Å². The Balaban J connectivity index is 1.96. The topological polar surface area (TPSA) is 39.7 Å². The van der Waals surface area contributed by atoms with Crippen LogP contribution in [0.4, 0.5) is 0 Å². The Kier molecular flexibility index (Phi) is 4.44. The zero-order valence-electron chi connectivity index (χ0n) is 11.2. The Hall–Kier alpha value is -1.26. The van der Waals surface area contributed by atoms with E-state index >= 15 is 0 Å². The van der Waals surface area contributed by atoms with Gasteiger partial charge < -0.3 is 19.5 Å². The fraction of sp³-hybridized carbons (Fsp3) is 0.571. The summed E-state index contributed by atoms with van der Waals surface area (Å²) < 4.78 is 16.8. The summed E-state index contributed by atoms with van der Waals surface area (Å²) in [7, 11) is 3.61. The lowest BCUT2D eigenvalue weighted by Crippen LogP contribution is -2.60. The number of benzene rings is 1. The van der Waals surface area contributed by atoms with E-state index in [2.05, 4.69) is 5.32 Å². The average Bonchev–Trinajstić information content (AvgIpc) is 2.40. The highest BCUT2D eigenvalue weighted by atomic mass is 16.5. The molecule has 1 aliphatic rings. The van der Waals surface area contributed by atoms with Crippen molar-refractivity contribution in [2.75, 3.05) is 20.8 Å². The molecule has 4 nitrogen and oxygen atoms in total. The number of rotatable bonds is 6. The van der Waals surface area contributed by atoms with Gasteiger partial charge in [0.25, 0.3) is 0 Å². The maximum atomic E-state index is 5.95. The van der Waals surface area contributed by atoms with Gasteiger partial charge in [0.05, 0.1) is 7.11 Å². The van der Waals surface area contributed by atoms with Gasteiger partial charge in [-0.05, 0) is 26.1 Å². The molecule has 0 heterocycles. The summed E-state index contributed by atoms with van der Waals surface area (Å²) in [6.45, 7) is 2.72. The molecule has 0 bridgehead atoms. The molecule has 1 aromatic carbocycles. The molecule has 2 rings (SSSR count). The first-order valence-electron chi connectivity index (χ1n) is 6.38. The van der Waals surface area contributed by atoms with Gasteiger partial charge >= 0.3 is 0 Å². The van der Waals surface area contributed by atoms with Crippen LogP contribution in [0.15, 0.2) is 24.3 Å². The molecule has 1 aliphatic carbocycles. The number of nitrogens with one attached hydrogen (secondary N) is 1. The van der Waals surface area contributed by atoms with Crippen LogP contribution in [0.3, 0.4) is 0 Å². The molecular weight excluding hydrogens is 230 g/mol. The summed E-state index contributed by atoms with van der Waals surface area (Å²) in [5.74, 6) is 1.64. The molecule has 0 spiro atoms. The van der Waals surface area contributed by atoms with E-state index in [1.807, 2.05) is 38.2 Å². The summed E-state index contributed by atoms with van der Waals surface area (Å²) in [6, 6.07) is 8.07. The standard InChI is InChI=1S/C14H21NO3/c1-4-17-14-12(15-2)9-13(14)18-11-7-5-6-10(8-11)16-3/h5-8,12-15H,4,9H2,1-3H3. The fourth-order valence-corrected chi connectivity index (χ4v) is 2.24. The van der Waals surface area contributed by atoms with Crippen LogP contribution in [0.2, 0.25) is 0 Å². The highest BCUT2D eigenvalue weighted by Crippen LogP contribution is 2.30. The minimum Gasteiger partial charge on any atom is -0.497 e. The van der Waals surface area contributed by atoms with Crippen LogP contribution in [0.1, 0.15) is 13.3 Å². The van der Waals surface area contributed by atoms with Crippen molar-refractivity contribution in [1.82, 2.24) is 5.32 Å². The van der Waals surface area contributed by atoms with E-state index in [9.17, 15) is 0 Å². The lowest BCUT2D eigenvalue weighted by molar-refractivity contribution is -0.103.